The van der Waals surface area contributed by atoms with Crippen molar-refractivity contribution < 1.29 is 14.7 Å². The summed E-state index contributed by atoms with van der Waals surface area (Å²) < 4.78 is 0. The first-order valence-electron chi connectivity index (χ1n) is 3.47. The highest BCUT2D eigenvalue weighted by atomic mass is 16.4. The molecule has 1 rings (SSSR count). The second kappa shape index (κ2) is 3.68. The van der Waals surface area contributed by atoms with Crippen LogP contribution >= 0.6 is 0 Å². The highest BCUT2D eigenvalue weighted by Gasteiger charge is 2.05. The van der Waals surface area contributed by atoms with Gasteiger partial charge in [-0.3, -0.25) is 9.80 Å². The number of hydrazine groups is 1. The van der Waals surface area contributed by atoms with Crippen LogP contribution in [0.2, 0.25) is 0 Å². The first kappa shape index (κ1) is 9.21. The number of carboxylic acid groups (broad SMARTS) is 1. The van der Waals surface area contributed by atoms with E-state index in [1.54, 1.807) is 6.07 Å². The summed E-state index contributed by atoms with van der Waals surface area (Å²) in [7, 11) is 0. The summed E-state index contributed by atoms with van der Waals surface area (Å²) in [4.78, 5) is 20.8. The molecule has 0 fully saturated rings. The zero-order chi connectivity index (χ0) is 9.84. The molecular weight excluding hydrogens is 172 g/mol. The van der Waals surface area contributed by atoms with Gasteiger partial charge in [0.05, 0.1) is 11.3 Å². The number of carboxylic acids is 1. The maximum absolute atomic E-state index is 10.5. The Morgan fingerprint density at radius 2 is 2.23 bits per heavy atom. The number of rotatable bonds is 3. The summed E-state index contributed by atoms with van der Waals surface area (Å²) >= 11 is 0. The fourth-order valence-electron chi connectivity index (χ4n) is 0.860. The van der Waals surface area contributed by atoms with Crippen molar-refractivity contribution >= 4 is 18.1 Å². The van der Waals surface area contributed by atoms with Crippen molar-refractivity contribution in [2.75, 3.05) is 5.01 Å². The van der Waals surface area contributed by atoms with Crippen LogP contribution in [0.5, 0.6) is 0 Å². The van der Waals surface area contributed by atoms with Gasteiger partial charge in [0, 0.05) is 0 Å². The van der Waals surface area contributed by atoms with E-state index < -0.39 is 5.97 Å². The van der Waals surface area contributed by atoms with E-state index in [9.17, 15) is 9.59 Å². The Balaban J connectivity index is 3.04. The first-order chi connectivity index (χ1) is 6.15. The highest BCUT2D eigenvalue weighted by molar-refractivity contribution is 5.89. The summed E-state index contributed by atoms with van der Waals surface area (Å²) in [5.41, 5.74) is 0.435. The Hall–Kier alpha value is -1.88. The minimum atomic E-state index is -1.05. The van der Waals surface area contributed by atoms with Crippen LogP contribution < -0.4 is 10.9 Å². The molecule has 0 aliphatic heterocycles. The molecule has 0 saturated heterocycles. The van der Waals surface area contributed by atoms with E-state index in [1.165, 1.54) is 18.2 Å². The number of carbonyl (C=O) groups excluding carboxylic acids is 1. The zero-order valence-electron chi connectivity index (χ0n) is 6.68. The molecule has 13 heavy (non-hydrogen) atoms. The van der Waals surface area contributed by atoms with Gasteiger partial charge in [-0.25, -0.2) is 10.6 Å². The van der Waals surface area contributed by atoms with Crippen LogP contribution in [0, 0.1) is 0 Å². The summed E-state index contributed by atoms with van der Waals surface area (Å²) in [6, 6.07) is 5.80. The van der Waals surface area contributed by atoms with Gasteiger partial charge in [0.1, 0.15) is 0 Å². The molecule has 0 atom stereocenters. The molecule has 0 radical (unpaired) electrons. The lowest BCUT2D eigenvalue weighted by Gasteiger charge is -2.09. The second-order valence-corrected chi connectivity index (χ2v) is 2.37. The quantitative estimate of drug-likeness (QED) is 0.301. The van der Waals surface area contributed by atoms with Gasteiger partial charge in [-0.05, 0) is 18.2 Å². The predicted octanol–water partition coefficient (Wildman–Crippen LogP) is 0.221. The maximum atomic E-state index is 10.5. The molecule has 0 saturated carbocycles. The van der Waals surface area contributed by atoms with Gasteiger partial charge < -0.3 is 5.11 Å². The molecule has 1 amide bonds. The van der Waals surface area contributed by atoms with Crippen LogP contribution in [0.15, 0.2) is 24.3 Å². The third-order valence-electron chi connectivity index (χ3n) is 1.50. The summed E-state index contributed by atoms with van der Waals surface area (Å²) in [5, 5.41) is 9.43. The van der Waals surface area contributed by atoms with Gasteiger partial charge in [-0.1, -0.05) is 6.07 Å². The third kappa shape index (κ3) is 2.03. The molecule has 5 nitrogen and oxygen atoms in total. The number of anilines is 1. The average Bonchev–Trinajstić information content (AvgIpc) is 2.17. The SMILES string of the molecule is NN(C=O)c1cccc(C(=O)O)c1. The summed E-state index contributed by atoms with van der Waals surface area (Å²) in [6.45, 7) is 0. The van der Waals surface area contributed by atoms with Crippen molar-refractivity contribution in [3.63, 3.8) is 0 Å². The standard InChI is InChI=1S/C8H8N2O3/c9-10(5-11)7-3-1-2-6(4-7)8(12)13/h1-5H,9H2,(H,12,13). The average molecular weight is 180 g/mol. The lowest BCUT2D eigenvalue weighted by molar-refractivity contribution is -0.107. The second-order valence-electron chi connectivity index (χ2n) is 2.37. The van der Waals surface area contributed by atoms with Gasteiger partial charge in [0.2, 0.25) is 6.41 Å². The minimum Gasteiger partial charge on any atom is -0.478 e. The minimum absolute atomic E-state index is 0.0924. The van der Waals surface area contributed by atoms with E-state index >= 15 is 0 Å². The van der Waals surface area contributed by atoms with E-state index in [4.69, 9.17) is 10.9 Å². The molecule has 0 heterocycles. The van der Waals surface area contributed by atoms with Crippen molar-refractivity contribution in [1.29, 1.82) is 0 Å². The summed E-state index contributed by atoms with van der Waals surface area (Å²) in [6.07, 6.45) is 0.404. The molecule has 0 aliphatic carbocycles. The van der Waals surface area contributed by atoms with E-state index in [-0.39, 0.29) is 5.56 Å². The molecule has 0 unspecified atom stereocenters. The third-order valence-corrected chi connectivity index (χ3v) is 1.50. The zero-order valence-corrected chi connectivity index (χ0v) is 6.68. The van der Waals surface area contributed by atoms with Crippen LogP contribution in [0.3, 0.4) is 0 Å². The number of hydrogen-bond acceptors (Lipinski definition) is 3. The number of benzene rings is 1. The van der Waals surface area contributed by atoms with Crippen molar-refractivity contribution in [1.82, 2.24) is 0 Å². The normalized spacial score (nSPS) is 9.31. The Morgan fingerprint density at radius 3 is 2.77 bits per heavy atom. The van der Waals surface area contributed by atoms with Gasteiger partial charge in [0.25, 0.3) is 0 Å². The van der Waals surface area contributed by atoms with Crippen LogP contribution in [0.4, 0.5) is 5.69 Å². The molecule has 1 aromatic rings. The molecule has 5 heteroatoms. The Kier molecular flexibility index (Phi) is 2.61. The van der Waals surface area contributed by atoms with E-state index in [0.29, 0.717) is 12.1 Å². The van der Waals surface area contributed by atoms with Crippen molar-refractivity contribution in [3.05, 3.63) is 29.8 Å². The molecule has 68 valence electrons. The molecule has 3 N–H and O–H groups in total. The van der Waals surface area contributed by atoms with Crippen LogP contribution in [-0.4, -0.2) is 17.5 Å². The molecular formula is C8H8N2O3. The van der Waals surface area contributed by atoms with E-state index in [1.807, 2.05) is 0 Å². The van der Waals surface area contributed by atoms with E-state index in [2.05, 4.69) is 0 Å². The molecule has 0 bridgehead atoms. The Bertz CT molecular complexity index is 338. The van der Waals surface area contributed by atoms with Gasteiger partial charge >= 0.3 is 5.97 Å². The number of aromatic carboxylic acids is 1. The van der Waals surface area contributed by atoms with Crippen molar-refractivity contribution in [3.8, 4) is 0 Å². The lowest BCUT2D eigenvalue weighted by Crippen LogP contribution is -2.28. The molecule has 1 aromatic carbocycles. The molecule has 0 spiro atoms. The number of nitrogens with two attached hydrogens (primary N) is 1. The number of nitrogens with zero attached hydrogens (tertiary/aromatic N) is 1. The van der Waals surface area contributed by atoms with Crippen LogP contribution in [0.1, 0.15) is 10.4 Å². The highest BCUT2D eigenvalue weighted by Crippen LogP contribution is 2.11. The number of amides is 1. The van der Waals surface area contributed by atoms with Gasteiger partial charge in [0.15, 0.2) is 0 Å². The predicted molar refractivity (Wildman–Crippen MR) is 46.1 cm³/mol. The summed E-state index contributed by atoms with van der Waals surface area (Å²) in [5.74, 6) is 4.18. The number of carbonyl (C=O) groups is 2. The van der Waals surface area contributed by atoms with Crippen molar-refractivity contribution in [2.45, 2.75) is 0 Å². The van der Waals surface area contributed by atoms with Crippen LogP contribution in [-0.2, 0) is 4.79 Å². The topological polar surface area (TPSA) is 83.6 Å². The fraction of sp³-hybridized carbons (Fsp3) is 0. The fourth-order valence-corrected chi connectivity index (χ4v) is 0.860. The lowest BCUT2D eigenvalue weighted by atomic mass is 10.2. The monoisotopic (exact) mass is 180 g/mol. The maximum Gasteiger partial charge on any atom is 0.335 e. The number of hydrogen-bond donors (Lipinski definition) is 2. The van der Waals surface area contributed by atoms with E-state index in [0.717, 1.165) is 5.01 Å². The smallest absolute Gasteiger partial charge is 0.335 e. The Labute approximate surface area is 74.3 Å². The van der Waals surface area contributed by atoms with Gasteiger partial charge in [-0.2, -0.15) is 0 Å². The molecule has 0 aromatic heterocycles. The van der Waals surface area contributed by atoms with Crippen LogP contribution in [0.25, 0.3) is 0 Å². The molecule has 0 aliphatic rings. The van der Waals surface area contributed by atoms with Crippen molar-refractivity contribution in [2.24, 2.45) is 5.84 Å². The van der Waals surface area contributed by atoms with Gasteiger partial charge in [-0.15, -0.1) is 0 Å². The first-order valence-corrected chi connectivity index (χ1v) is 3.47. The Morgan fingerprint density at radius 1 is 1.54 bits per heavy atom. The largest absolute Gasteiger partial charge is 0.478 e.